The Labute approximate surface area is 123 Å². The Balaban J connectivity index is 2.27. The van der Waals surface area contributed by atoms with Crippen LogP contribution in [0.2, 0.25) is 0 Å². The van der Waals surface area contributed by atoms with Gasteiger partial charge in [0.2, 0.25) is 0 Å². The highest BCUT2D eigenvalue weighted by Gasteiger charge is 2.36. The predicted octanol–water partition coefficient (Wildman–Crippen LogP) is 3.15. The van der Waals surface area contributed by atoms with Gasteiger partial charge in [0.05, 0.1) is 6.54 Å². The van der Waals surface area contributed by atoms with E-state index in [2.05, 4.69) is 5.10 Å². The van der Waals surface area contributed by atoms with Gasteiger partial charge in [-0.2, -0.15) is 18.3 Å². The molecule has 2 rings (SSSR count). The first kappa shape index (κ1) is 16.4. The van der Waals surface area contributed by atoms with Crippen molar-refractivity contribution in [3.8, 4) is 0 Å². The molecule has 0 spiro atoms. The first-order valence-corrected chi connectivity index (χ1v) is 6.49. The van der Waals surface area contributed by atoms with Crippen LogP contribution in [0.4, 0.5) is 22.0 Å². The second-order valence-corrected chi connectivity index (χ2v) is 4.77. The number of aliphatic hydroxyl groups excluding tert-OH is 1. The van der Waals surface area contributed by atoms with Gasteiger partial charge in [-0.15, -0.1) is 0 Å². The third kappa shape index (κ3) is 3.82. The number of alkyl halides is 3. The molecule has 0 aliphatic heterocycles. The van der Waals surface area contributed by atoms with Crippen LogP contribution in [0.15, 0.2) is 24.4 Å². The number of rotatable bonds is 5. The highest BCUT2D eigenvalue weighted by Crippen LogP contribution is 2.31. The number of halogens is 5. The van der Waals surface area contributed by atoms with Crippen LogP contribution < -0.4 is 0 Å². The summed E-state index contributed by atoms with van der Waals surface area (Å²) in [6.45, 7) is -0.342. The van der Waals surface area contributed by atoms with Crippen LogP contribution >= 0.6 is 0 Å². The third-order valence-electron chi connectivity index (χ3n) is 3.04. The lowest BCUT2D eigenvalue weighted by Crippen LogP contribution is -2.10. The zero-order chi connectivity index (χ0) is 16.3. The van der Waals surface area contributed by atoms with E-state index in [1.54, 1.807) is 0 Å². The lowest BCUT2D eigenvalue weighted by molar-refractivity contribution is -0.142. The fourth-order valence-corrected chi connectivity index (χ4v) is 2.06. The molecule has 0 radical (unpaired) electrons. The van der Waals surface area contributed by atoms with Crippen molar-refractivity contribution in [2.75, 3.05) is 6.61 Å². The average molecular weight is 320 g/mol. The maximum atomic E-state index is 13.1. The van der Waals surface area contributed by atoms with Crippen molar-refractivity contribution in [2.24, 2.45) is 0 Å². The number of aromatic nitrogens is 2. The monoisotopic (exact) mass is 320 g/mol. The lowest BCUT2D eigenvalue weighted by atomic mass is 10.1. The molecule has 0 amide bonds. The number of hydrogen-bond acceptors (Lipinski definition) is 2. The van der Waals surface area contributed by atoms with Gasteiger partial charge >= 0.3 is 6.18 Å². The van der Waals surface area contributed by atoms with Crippen LogP contribution in [0.25, 0.3) is 0 Å². The minimum Gasteiger partial charge on any atom is -0.396 e. The van der Waals surface area contributed by atoms with E-state index in [-0.39, 0.29) is 31.6 Å². The quantitative estimate of drug-likeness (QED) is 0.860. The van der Waals surface area contributed by atoms with Crippen LogP contribution in [0.1, 0.15) is 23.2 Å². The van der Waals surface area contributed by atoms with Crippen molar-refractivity contribution in [3.05, 3.63) is 52.9 Å². The molecular formula is C14H13F5N2O. The third-order valence-corrected chi connectivity index (χ3v) is 3.04. The molecule has 0 aliphatic carbocycles. The van der Waals surface area contributed by atoms with Gasteiger partial charge in [-0.1, -0.05) is 6.07 Å². The van der Waals surface area contributed by atoms with Crippen molar-refractivity contribution in [1.82, 2.24) is 9.78 Å². The van der Waals surface area contributed by atoms with Gasteiger partial charge in [-0.3, -0.25) is 4.68 Å². The molecule has 1 N–H and O–H groups in total. The molecular weight excluding hydrogens is 307 g/mol. The van der Waals surface area contributed by atoms with Crippen LogP contribution in [0, 0.1) is 11.6 Å². The van der Waals surface area contributed by atoms with E-state index in [4.69, 9.17) is 5.11 Å². The summed E-state index contributed by atoms with van der Waals surface area (Å²) in [5, 5.41) is 12.2. The van der Waals surface area contributed by atoms with E-state index < -0.39 is 23.5 Å². The summed E-state index contributed by atoms with van der Waals surface area (Å²) >= 11 is 0. The largest absolute Gasteiger partial charge is 0.435 e. The van der Waals surface area contributed by atoms with Gasteiger partial charge in [0.25, 0.3) is 0 Å². The molecule has 0 bridgehead atoms. The molecule has 0 fully saturated rings. The summed E-state index contributed by atoms with van der Waals surface area (Å²) in [7, 11) is 0. The Morgan fingerprint density at radius 3 is 2.45 bits per heavy atom. The average Bonchev–Trinajstić information content (AvgIpc) is 2.83. The van der Waals surface area contributed by atoms with Crippen molar-refractivity contribution >= 4 is 0 Å². The summed E-state index contributed by atoms with van der Waals surface area (Å²) in [5.74, 6) is -2.09. The molecule has 1 aromatic carbocycles. The molecule has 3 nitrogen and oxygen atoms in total. The predicted molar refractivity (Wildman–Crippen MR) is 68.1 cm³/mol. The minimum absolute atomic E-state index is 0.0309. The molecule has 0 saturated carbocycles. The lowest BCUT2D eigenvalue weighted by Gasteiger charge is -2.05. The van der Waals surface area contributed by atoms with Crippen LogP contribution in [-0.2, 0) is 19.1 Å². The molecule has 0 aliphatic rings. The van der Waals surface area contributed by atoms with E-state index in [1.165, 1.54) is 12.3 Å². The van der Waals surface area contributed by atoms with E-state index in [9.17, 15) is 22.0 Å². The molecule has 0 unspecified atom stereocenters. The fraction of sp³-hybridized carbons (Fsp3) is 0.357. The fourth-order valence-electron chi connectivity index (χ4n) is 2.06. The Morgan fingerprint density at radius 2 is 1.86 bits per heavy atom. The molecule has 8 heteroatoms. The van der Waals surface area contributed by atoms with Gasteiger partial charge in [-0.05, 0) is 30.5 Å². The molecule has 1 heterocycles. The Bertz CT molecular complexity index is 651. The van der Waals surface area contributed by atoms with Crippen molar-refractivity contribution in [3.63, 3.8) is 0 Å². The van der Waals surface area contributed by atoms with Gasteiger partial charge in [0, 0.05) is 18.4 Å². The van der Waals surface area contributed by atoms with Gasteiger partial charge in [-0.25, -0.2) is 8.78 Å². The minimum atomic E-state index is -4.61. The van der Waals surface area contributed by atoms with E-state index in [1.807, 2.05) is 0 Å². The zero-order valence-corrected chi connectivity index (χ0v) is 11.4. The summed E-state index contributed by atoms with van der Waals surface area (Å²) in [4.78, 5) is 0. The Hall–Kier alpha value is -1.96. The number of hydrogen-bond donors (Lipinski definition) is 1. The van der Waals surface area contributed by atoms with Crippen LogP contribution in [-0.4, -0.2) is 21.5 Å². The van der Waals surface area contributed by atoms with E-state index in [0.29, 0.717) is 5.56 Å². The summed E-state index contributed by atoms with van der Waals surface area (Å²) in [6, 6.07) is 3.10. The Kier molecular flexibility index (Phi) is 4.80. The number of aryl methyl sites for hydroxylation is 1. The molecule has 1 aromatic heterocycles. The van der Waals surface area contributed by atoms with E-state index in [0.717, 1.165) is 16.8 Å². The Morgan fingerprint density at radius 1 is 1.14 bits per heavy atom. The standard InChI is InChI=1S/C14H13F5N2O/c15-11-4-3-9(6-12(11)16)7-21-8-10(2-1-5-22)13(20-21)14(17,18)19/h3-4,6,8,22H,1-2,5,7H2. The highest BCUT2D eigenvalue weighted by atomic mass is 19.4. The topological polar surface area (TPSA) is 38.0 Å². The van der Waals surface area contributed by atoms with Gasteiger partial charge < -0.3 is 5.11 Å². The SMILES string of the molecule is OCCCc1cn(Cc2ccc(F)c(F)c2)nc1C(F)(F)F. The van der Waals surface area contributed by atoms with E-state index >= 15 is 0 Å². The van der Waals surface area contributed by atoms with Gasteiger partial charge in [0.15, 0.2) is 17.3 Å². The number of benzene rings is 1. The molecule has 0 saturated heterocycles. The summed E-state index contributed by atoms with van der Waals surface area (Å²) in [6.07, 6.45) is -3.19. The number of nitrogens with zero attached hydrogens (tertiary/aromatic N) is 2. The maximum absolute atomic E-state index is 13.1. The molecule has 22 heavy (non-hydrogen) atoms. The molecule has 120 valence electrons. The van der Waals surface area contributed by atoms with Crippen molar-refractivity contribution in [1.29, 1.82) is 0 Å². The first-order valence-electron chi connectivity index (χ1n) is 6.49. The smallest absolute Gasteiger partial charge is 0.396 e. The van der Waals surface area contributed by atoms with Crippen molar-refractivity contribution < 1.29 is 27.1 Å². The molecule has 0 atom stereocenters. The maximum Gasteiger partial charge on any atom is 0.435 e. The van der Waals surface area contributed by atoms with Crippen LogP contribution in [0.5, 0.6) is 0 Å². The zero-order valence-electron chi connectivity index (χ0n) is 11.4. The summed E-state index contributed by atoms with van der Waals surface area (Å²) < 4.78 is 65.7. The second-order valence-electron chi connectivity index (χ2n) is 4.77. The van der Waals surface area contributed by atoms with Crippen molar-refractivity contribution in [2.45, 2.75) is 25.6 Å². The number of aliphatic hydroxyl groups is 1. The molecule has 2 aromatic rings. The highest BCUT2D eigenvalue weighted by molar-refractivity contribution is 5.22. The normalized spacial score (nSPS) is 11.9. The summed E-state index contributed by atoms with van der Waals surface area (Å²) in [5.41, 5.74) is -0.767. The first-order chi connectivity index (χ1) is 10.3. The van der Waals surface area contributed by atoms with Crippen LogP contribution in [0.3, 0.4) is 0 Å². The second kappa shape index (κ2) is 6.43. The van der Waals surface area contributed by atoms with Gasteiger partial charge in [0.1, 0.15) is 0 Å².